The predicted molar refractivity (Wildman–Crippen MR) is 66.9 cm³/mol. The topological polar surface area (TPSA) is 36.3 Å². The SMILES string of the molecule is CN(CCOc1ccccc1C#N)CC1CC1. The molecule has 0 bridgehead atoms. The third-order valence-corrected chi connectivity index (χ3v) is 3.00. The van der Waals surface area contributed by atoms with Gasteiger partial charge in [0, 0.05) is 13.1 Å². The third kappa shape index (κ3) is 3.76. The van der Waals surface area contributed by atoms with Gasteiger partial charge in [-0.25, -0.2) is 0 Å². The quantitative estimate of drug-likeness (QED) is 0.752. The molecule has 0 unspecified atom stereocenters. The highest BCUT2D eigenvalue weighted by Gasteiger charge is 2.22. The number of benzene rings is 1. The van der Waals surface area contributed by atoms with Gasteiger partial charge in [0.05, 0.1) is 5.56 Å². The van der Waals surface area contributed by atoms with Crippen molar-refractivity contribution in [1.29, 1.82) is 5.26 Å². The number of nitrogens with zero attached hydrogens (tertiary/aromatic N) is 2. The van der Waals surface area contributed by atoms with Crippen LogP contribution in [0.5, 0.6) is 5.75 Å². The molecule has 0 heterocycles. The summed E-state index contributed by atoms with van der Waals surface area (Å²) in [5.74, 6) is 1.60. The summed E-state index contributed by atoms with van der Waals surface area (Å²) in [5.41, 5.74) is 0.609. The molecule has 2 rings (SSSR count). The molecule has 1 aromatic carbocycles. The molecule has 0 N–H and O–H groups in total. The lowest BCUT2D eigenvalue weighted by atomic mass is 10.2. The van der Waals surface area contributed by atoms with E-state index in [4.69, 9.17) is 10.00 Å². The zero-order chi connectivity index (χ0) is 12.1. The van der Waals surface area contributed by atoms with Gasteiger partial charge in [-0.15, -0.1) is 0 Å². The summed E-state index contributed by atoms with van der Waals surface area (Å²) in [6.45, 7) is 2.72. The number of hydrogen-bond donors (Lipinski definition) is 0. The van der Waals surface area contributed by atoms with Crippen LogP contribution in [0.25, 0.3) is 0 Å². The van der Waals surface area contributed by atoms with Gasteiger partial charge in [-0.3, -0.25) is 0 Å². The number of likely N-dealkylation sites (N-methyl/N-ethyl adjacent to an activating group) is 1. The molecule has 3 heteroatoms. The van der Waals surface area contributed by atoms with Crippen molar-refractivity contribution >= 4 is 0 Å². The minimum Gasteiger partial charge on any atom is -0.491 e. The van der Waals surface area contributed by atoms with Crippen LogP contribution in [-0.2, 0) is 0 Å². The second-order valence-corrected chi connectivity index (χ2v) is 4.66. The molecule has 0 aliphatic heterocycles. The van der Waals surface area contributed by atoms with Crippen LogP contribution in [0.3, 0.4) is 0 Å². The lowest BCUT2D eigenvalue weighted by molar-refractivity contribution is 0.232. The zero-order valence-corrected chi connectivity index (χ0v) is 10.2. The Morgan fingerprint density at radius 1 is 1.41 bits per heavy atom. The summed E-state index contributed by atoms with van der Waals surface area (Å²) < 4.78 is 5.64. The second-order valence-electron chi connectivity index (χ2n) is 4.66. The van der Waals surface area contributed by atoms with E-state index in [9.17, 15) is 0 Å². The molecule has 3 nitrogen and oxygen atoms in total. The Bertz CT molecular complexity index is 407. The van der Waals surface area contributed by atoms with E-state index in [0.717, 1.165) is 12.5 Å². The maximum absolute atomic E-state index is 8.91. The fourth-order valence-corrected chi connectivity index (χ4v) is 1.83. The molecule has 1 saturated carbocycles. The summed E-state index contributed by atoms with van der Waals surface area (Å²) >= 11 is 0. The Morgan fingerprint density at radius 3 is 2.88 bits per heavy atom. The Labute approximate surface area is 103 Å². The normalized spacial score (nSPS) is 14.6. The van der Waals surface area contributed by atoms with Crippen molar-refractivity contribution in [3.8, 4) is 11.8 Å². The van der Waals surface area contributed by atoms with Crippen molar-refractivity contribution in [2.45, 2.75) is 12.8 Å². The minimum absolute atomic E-state index is 0.609. The van der Waals surface area contributed by atoms with E-state index < -0.39 is 0 Å². The number of hydrogen-bond acceptors (Lipinski definition) is 3. The molecular formula is C14H18N2O. The van der Waals surface area contributed by atoms with Crippen molar-refractivity contribution in [2.75, 3.05) is 26.7 Å². The van der Waals surface area contributed by atoms with E-state index in [-0.39, 0.29) is 0 Å². The van der Waals surface area contributed by atoms with Gasteiger partial charge >= 0.3 is 0 Å². The van der Waals surface area contributed by atoms with Gasteiger partial charge < -0.3 is 9.64 Å². The van der Waals surface area contributed by atoms with Crippen molar-refractivity contribution in [3.05, 3.63) is 29.8 Å². The largest absolute Gasteiger partial charge is 0.491 e. The van der Waals surface area contributed by atoms with Gasteiger partial charge in [-0.05, 0) is 37.9 Å². The van der Waals surface area contributed by atoms with Gasteiger partial charge in [0.1, 0.15) is 18.4 Å². The minimum atomic E-state index is 0.609. The van der Waals surface area contributed by atoms with Crippen LogP contribution in [0.4, 0.5) is 0 Å². The maximum atomic E-state index is 8.91. The molecular weight excluding hydrogens is 212 g/mol. The molecule has 0 spiro atoms. The van der Waals surface area contributed by atoms with Gasteiger partial charge in [0.25, 0.3) is 0 Å². The molecule has 1 aromatic rings. The Hall–Kier alpha value is -1.53. The molecule has 0 saturated heterocycles. The second kappa shape index (κ2) is 5.70. The zero-order valence-electron chi connectivity index (χ0n) is 10.2. The molecule has 1 aliphatic rings. The summed E-state index contributed by atoms with van der Waals surface area (Å²) in [6, 6.07) is 9.51. The number of rotatable bonds is 6. The van der Waals surface area contributed by atoms with Crippen LogP contribution in [0.1, 0.15) is 18.4 Å². The van der Waals surface area contributed by atoms with E-state index >= 15 is 0 Å². The molecule has 1 aliphatic carbocycles. The summed E-state index contributed by atoms with van der Waals surface area (Å²) in [5, 5.41) is 8.91. The molecule has 0 radical (unpaired) electrons. The van der Waals surface area contributed by atoms with Crippen molar-refractivity contribution in [2.24, 2.45) is 5.92 Å². The monoisotopic (exact) mass is 230 g/mol. The molecule has 17 heavy (non-hydrogen) atoms. The first-order chi connectivity index (χ1) is 8.29. The van der Waals surface area contributed by atoms with Gasteiger partial charge in [-0.2, -0.15) is 5.26 Å². The van der Waals surface area contributed by atoms with Crippen LogP contribution in [0.2, 0.25) is 0 Å². The van der Waals surface area contributed by atoms with E-state index in [1.807, 2.05) is 18.2 Å². The first-order valence-corrected chi connectivity index (χ1v) is 6.10. The Balaban J connectivity index is 1.75. The average Bonchev–Trinajstić information content (AvgIpc) is 3.13. The van der Waals surface area contributed by atoms with E-state index in [1.54, 1.807) is 6.07 Å². The molecule has 0 atom stereocenters. The van der Waals surface area contributed by atoms with Gasteiger partial charge in [-0.1, -0.05) is 12.1 Å². The smallest absolute Gasteiger partial charge is 0.137 e. The van der Waals surface area contributed by atoms with Crippen LogP contribution in [-0.4, -0.2) is 31.6 Å². The fourth-order valence-electron chi connectivity index (χ4n) is 1.83. The Kier molecular flexibility index (Phi) is 4.00. The number of nitriles is 1. The van der Waals surface area contributed by atoms with Crippen molar-refractivity contribution in [1.82, 2.24) is 4.90 Å². The lowest BCUT2D eigenvalue weighted by Crippen LogP contribution is -2.26. The van der Waals surface area contributed by atoms with E-state index in [1.165, 1.54) is 19.4 Å². The third-order valence-electron chi connectivity index (χ3n) is 3.00. The molecule has 0 amide bonds. The first-order valence-electron chi connectivity index (χ1n) is 6.10. The summed E-state index contributed by atoms with van der Waals surface area (Å²) in [4.78, 5) is 2.30. The number of para-hydroxylation sites is 1. The van der Waals surface area contributed by atoms with E-state index in [2.05, 4.69) is 18.0 Å². The first kappa shape index (κ1) is 11.9. The highest BCUT2D eigenvalue weighted by Crippen LogP contribution is 2.29. The highest BCUT2D eigenvalue weighted by molar-refractivity contribution is 5.42. The van der Waals surface area contributed by atoms with Crippen LogP contribution in [0, 0.1) is 17.2 Å². The van der Waals surface area contributed by atoms with E-state index in [0.29, 0.717) is 17.9 Å². The summed E-state index contributed by atoms with van der Waals surface area (Å²) in [7, 11) is 2.12. The maximum Gasteiger partial charge on any atom is 0.137 e. The van der Waals surface area contributed by atoms with Gasteiger partial charge in [0.15, 0.2) is 0 Å². The van der Waals surface area contributed by atoms with Crippen LogP contribution >= 0.6 is 0 Å². The van der Waals surface area contributed by atoms with Gasteiger partial charge in [0.2, 0.25) is 0 Å². The van der Waals surface area contributed by atoms with Crippen LogP contribution in [0.15, 0.2) is 24.3 Å². The number of ether oxygens (including phenoxy) is 1. The fraction of sp³-hybridized carbons (Fsp3) is 0.500. The van der Waals surface area contributed by atoms with Crippen molar-refractivity contribution in [3.63, 3.8) is 0 Å². The molecule has 90 valence electrons. The lowest BCUT2D eigenvalue weighted by Gasteiger charge is -2.16. The molecule has 1 fully saturated rings. The van der Waals surface area contributed by atoms with Crippen LogP contribution < -0.4 is 4.74 Å². The predicted octanol–water partition coefficient (Wildman–Crippen LogP) is 2.28. The average molecular weight is 230 g/mol. The Morgan fingerprint density at radius 2 is 2.18 bits per heavy atom. The highest BCUT2D eigenvalue weighted by atomic mass is 16.5. The summed E-state index contributed by atoms with van der Waals surface area (Å²) in [6.07, 6.45) is 2.75. The van der Waals surface area contributed by atoms with Crippen molar-refractivity contribution < 1.29 is 4.74 Å². The molecule has 0 aromatic heterocycles. The standard InChI is InChI=1S/C14H18N2O/c1-16(11-12-6-7-12)8-9-17-14-5-3-2-4-13(14)10-15/h2-5,12H,6-9,11H2,1H3.